The van der Waals surface area contributed by atoms with Crippen molar-refractivity contribution in [1.29, 1.82) is 0 Å². The number of carbonyl (C=O) groups is 1. The molecule has 0 amide bonds. The van der Waals surface area contributed by atoms with E-state index in [2.05, 4.69) is 11.3 Å². The Kier molecular flexibility index (Phi) is 4.09. The maximum absolute atomic E-state index is 11.2. The first-order valence-corrected chi connectivity index (χ1v) is 7.01. The molecule has 0 aliphatic heterocycles. The van der Waals surface area contributed by atoms with Crippen molar-refractivity contribution in [1.82, 2.24) is 4.72 Å². The van der Waals surface area contributed by atoms with E-state index in [9.17, 15) is 13.2 Å². The molecule has 1 aliphatic rings. The van der Waals surface area contributed by atoms with Crippen LogP contribution in [0.25, 0.3) is 0 Å². The van der Waals surface area contributed by atoms with Crippen LogP contribution in [-0.4, -0.2) is 32.8 Å². The quantitative estimate of drug-likeness (QED) is 0.582. The van der Waals surface area contributed by atoms with Gasteiger partial charge in [-0.15, -0.1) is 0 Å². The van der Waals surface area contributed by atoms with Crippen LogP contribution in [0.15, 0.2) is 12.2 Å². The van der Waals surface area contributed by atoms with Crippen molar-refractivity contribution in [2.45, 2.75) is 38.3 Å². The van der Waals surface area contributed by atoms with Crippen LogP contribution in [0.4, 0.5) is 0 Å². The van der Waals surface area contributed by atoms with Crippen LogP contribution >= 0.6 is 0 Å². The fourth-order valence-corrected chi connectivity index (χ4v) is 2.53. The Bertz CT molecular complexity index is 388. The lowest BCUT2D eigenvalue weighted by molar-refractivity contribution is -0.143. The summed E-state index contributed by atoms with van der Waals surface area (Å²) in [4.78, 5) is 11.2. The summed E-state index contributed by atoms with van der Waals surface area (Å²) in [6.45, 7) is 5.08. The Hall–Kier alpha value is -0.880. The summed E-state index contributed by atoms with van der Waals surface area (Å²) in [7, 11) is -3.18. The van der Waals surface area contributed by atoms with E-state index in [4.69, 9.17) is 4.74 Å². The third-order valence-electron chi connectivity index (χ3n) is 2.39. The van der Waals surface area contributed by atoms with Gasteiger partial charge in [-0.1, -0.05) is 6.58 Å². The highest BCUT2D eigenvalue weighted by Crippen LogP contribution is 2.23. The average molecular weight is 247 g/mol. The van der Waals surface area contributed by atoms with Crippen LogP contribution in [0.1, 0.15) is 26.2 Å². The van der Waals surface area contributed by atoms with Gasteiger partial charge in [-0.25, -0.2) is 17.9 Å². The van der Waals surface area contributed by atoms with Gasteiger partial charge in [0.25, 0.3) is 0 Å². The maximum atomic E-state index is 11.2. The molecule has 1 fully saturated rings. The number of sulfonamides is 1. The zero-order chi connectivity index (χ0) is 12.3. The summed E-state index contributed by atoms with van der Waals surface area (Å²) >= 11 is 0. The van der Waals surface area contributed by atoms with Gasteiger partial charge < -0.3 is 4.74 Å². The molecule has 0 aromatic rings. The first-order valence-electron chi connectivity index (χ1n) is 5.11. The number of ether oxygens (including phenoxy) is 1. The second kappa shape index (κ2) is 4.97. The fourth-order valence-electron chi connectivity index (χ4n) is 1.71. The maximum Gasteiger partial charge on any atom is 0.333 e. The Morgan fingerprint density at radius 2 is 2.06 bits per heavy atom. The number of esters is 1. The summed E-state index contributed by atoms with van der Waals surface area (Å²) in [6, 6.07) is -0.127. The van der Waals surface area contributed by atoms with Crippen molar-refractivity contribution < 1.29 is 17.9 Å². The smallest absolute Gasteiger partial charge is 0.333 e. The lowest BCUT2D eigenvalue weighted by Gasteiger charge is -2.13. The SMILES string of the molecule is C=C(C)C(=O)OC1CCC(NS(C)(=O)=O)C1. The minimum atomic E-state index is -3.18. The van der Waals surface area contributed by atoms with Gasteiger partial charge in [-0.3, -0.25) is 0 Å². The number of rotatable bonds is 4. The molecule has 6 heteroatoms. The van der Waals surface area contributed by atoms with E-state index in [0.717, 1.165) is 6.26 Å². The van der Waals surface area contributed by atoms with Gasteiger partial charge >= 0.3 is 5.97 Å². The minimum absolute atomic E-state index is 0.127. The van der Waals surface area contributed by atoms with Gasteiger partial charge in [0.2, 0.25) is 10.0 Å². The van der Waals surface area contributed by atoms with Gasteiger partial charge in [0.1, 0.15) is 6.10 Å². The van der Waals surface area contributed by atoms with Gasteiger partial charge in [0, 0.05) is 18.0 Å². The third-order valence-corrected chi connectivity index (χ3v) is 3.15. The van der Waals surface area contributed by atoms with E-state index < -0.39 is 16.0 Å². The van der Waals surface area contributed by atoms with Gasteiger partial charge in [-0.05, 0) is 19.8 Å². The van der Waals surface area contributed by atoms with Crippen molar-refractivity contribution in [3.63, 3.8) is 0 Å². The minimum Gasteiger partial charge on any atom is -0.459 e. The second-order valence-corrected chi connectivity index (χ2v) is 5.99. The standard InChI is InChI=1S/C10H17NO4S/c1-7(2)10(12)15-9-5-4-8(6-9)11-16(3,13)14/h8-9,11H,1,4-6H2,2-3H3. The molecule has 0 aromatic carbocycles. The van der Waals surface area contributed by atoms with E-state index in [1.54, 1.807) is 6.92 Å². The van der Waals surface area contributed by atoms with Crippen LogP contribution in [-0.2, 0) is 19.6 Å². The van der Waals surface area contributed by atoms with Crippen LogP contribution < -0.4 is 4.72 Å². The molecule has 0 heterocycles. The van der Waals surface area contributed by atoms with Crippen molar-refractivity contribution in [2.24, 2.45) is 0 Å². The summed E-state index contributed by atoms with van der Waals surface area (Å²) in [6.07, 6.45) is 2.84. The third kappa shape index (κ3) is 4.32. The molecule has 1 aliphatic carbocycles. The first-order chi connectivity index (χ1) is 7.28. The fraction of sp³-hybridized carbons (Fsp3) is 0.700. The molecular formula is C10H17NO4S. The lowest BCUT2D eigenvalue weighted by atomic mass is 10.3. The summed E-state index contributed by atoms with van der Waals surface area (Å²) < 4.78 is 29.6. The average Bonchev–Trinajstić information content (AvgIpc) is 2.49. The van der Waals surface area contributed by atoms with E-state index in [1.807, 2.05) is 0 Å². The van der Waals surface area contributed by atoms with Gasteiger partial charge in [0.05, 0.1) is 6.26 Å². The molecule has 2 atom stereocenters. The van der Waals surface area contributed by atoms with E-state index >= 15 is 0 Å². The largest absolute Gasteiger partial charge is 0.459 e. The molecule has 1 N–H and O–H groups in total. The highest BCUT2D eigenvalue weighted by atomic mass is 32.2. The van der Waals surface area contributed by atoms with Crippen LogP contribution in [0, 0.1) is 0 Å². The molecule has 5 nitrogen and oxygen atoms in total. The Morgan fingerprint density at radius 1 is 1.44 bits per heavy atom. The van der Waals surface area contributed by atoms with Crippen molar-refractivity contribution in [3.8, 4) is 0 Å². The topological polar surface area (TPSA) is 72.5 Å². The molecule has 0 bridgehead atoms. The second-order valence-electron chi connectivity index (χ2n) is 4.21. The molecule has 92 valence electrons. The predicted molar refractivity (Wildman–Crippen MR) is 60.3 cm³/mol. The Morgan fingerprint density at radius 3 is 2.56 bits per heavy atom. The van der Waals surface area contributed by atoms with Crippen LogP contribution in [0.2, 0.25) is 0 Å². The van der Waals surface area contributed by atoms with Crippen LogP contribution in [0.5, 0.6) is 0 Å². The number of hydrogen-bond donors (Lipinski definition) is 1. The normalized spacial score (nSPS) is 25.4. The zero-order valence-electron chi connectivity index (χ0n) is 9.52. The van der Waals surface area contributed by atoms with Gasteiger partial charge in [-0.2, -0.15) is 0 Å². The molecule has 0 spiro atoms. The predicted octanol–water partition coefficient (Wildman–Crippen LogP) is 0.576. The molecule has 1 rings (SSSR count). The summed E-state index contributed by atoms with van der Waals surface area (Å²) in [5.41, 5.74) is 0.361. The van der Waals surface area contributed by atoms with Crippen molar-refractivity contribution >= 4 is 16.0 Å². The van der Waals surface area contributed by atoms with E-state index in [-0.39, 0.29) is 12.1 Å². The molecule has 2 unspecified atom stereocenters. The highest BCUT2D eigenvalue weighted by molar-refractivity contribution is 7.88. The number of carbonyl (C=O) groups excluding carboxylic acids is 1. The number of nitrogens with one attached hydrogen (secondary N) is 1. The molecule has 1 saturated carbocycles. The first kappa shape index (κ1) is 13.2. The van der Waals surface area contributed by atoms with E-state index in [0.29, 0.717) is 24.8 Å². The molecular weight excluding hydrogens is 230 g/mol. The van der Waals surface area contributed by atoms with Crippen molar-refractivity contribution in [2.75, 3.05) is 6.26 Å². The summed E-state index contributed by atoms with van der Waals surface area (Å²) in [5.74, 6) is -0.412. The molecule has 0 radical (unpaired) electrons. The molecule has 0 aromatic heterocycles. The van der Waals surface area contributed by atoms with Crippen molar-refractivity contribution in [3.05, 3.63) is 12.2 Å². The van der Waals surface area contributed by atoms with Gasteiger partial charge in [0.15, 0.2) is 0 Å². The highest BCUT2D eigenvalue weighted by Gasteiger charge is 2.29. The Balaban J connectivity index is 2.41. The molecule has 0 saturated heterocycles. The number of hydrogen-bond acceptors (Lipinski definition) is 4. The Labute approximate surface area is 95.9 Å². The monoisotopic (exact) mass is 247 g/mol. The molecule has 16 heavy (non-hydrogen) atoms. The lowest BCUT2D eigenvalue weighted by Crippen LogP contribution is -2.32. The summed E-state index contributed by atoms with van der Waals surface area (Å²) in [5, 5.41) is 0. The van der Waals surface area contributed by atoms with E-state index in [1.165, 1.54) is 0 Å². The zero-order valence-corrected chi connectivity index (χ0v) is 10.3. The van der Waals surface area contributed by atoms with Crippen LogP contribution in [0.3, 0.4) is 0 Å².